The summed E-state index contributed by atoms with van der Waals surface area (Å²) in [6.07, 6.45) is -0.501. The molecule has 0 bridgehead atoms. The van der Waals surface area contributed by atoms with Crippen LogP contribution in [0, 0.1) is 23.2 Å². The number of benzene rings is 1. The molecule has 96 valence electrons. The Morgan fingerprint density at radius 3 is 2.44 bits per heavy atom. The third kappa shape index (κ3) is 2.34. The number of aliphatic hydroxyl groups excluding tert-OH is 1. The number of nitriles is 1. The summed E-state index contributed by atoms with van der Waals surface area (Å²) < 4.78 is 0. The van der Waals surface area contributed by atoms with E-state index in [0.717, 1.165) is 24.3 Å². The van der Waals surface area contributed by atoms with Crippen molar-refractivity contribution in [3.63, 3.8) is 0 Å². The summed E-state index contributed by atoms with van der Waals surface area (Å²) in [5.74, 6) is 1.30. The lowest BCUT2D eigenvalue weighted by atomic mass is 10.0. The third-order valence-corrected chi connectivity index (χ3v) is 3.94. The van der Waals surface area contributed by atoms with Crippen molar-refractivity contribution >= 4 is 5.69 Å². The molecule has 0 spiro atoms. The predicted molar refractivity (Wildman–Crippen MR) is 72.3 cm³/mol. The van der Waals surface area contributed by atoms with Gasteiger partial charge in [0.05, 0.1) is 17.7 Å². The fourth-order valence-corrected chi connectivity index (χ4v) is 2.57. The molecule has 1 N–H and O–H groups in total. The van der Waals surface area contributed by atoms with Crippen molar-refractivity contribution in [3.05, 3.63) is 29.3 Å². The van der Waals surface area contributed by atoms with Crippen LogP contribution >= 0.6 is 0 Å². The molecule has 1 aliphatic rings. The maximum atomic E-state index is 9.85. The molecule has 3 atom stereocenters. The summed E-state index contributed by atoms with van der Waals surface area (Å²) >= 11 is 0. The highest BCUT2D eigenvalue weighted by Gasteiger charge is 2.28. The Labute approximate surface area is 109 Å². The minimum Gasteiger partial charge on any atom is -0.389 e. The average molecular weight is 244 g/mol. The van der Waals surface area contributed by atoms with Gasteiger partial charge in [0, 0.05) is 24.3 Å². The van der Waals surface area contributed by atoms with Crippen LogP contribution in [-0.4, -0.2) is 18.2 Å². The first kappa shape index (κ1) is 12.9. The van der Waals surface area contributed by atoms with Crippen LogP contribution in [0.4, 0.5) is 5.69 Å². The summed E-state index contributed by atoms with van der Waals surface area (Å²) in [5, 5.41) is 18.9. The first-order valence-electron chi connectivity index (χ1n) is 6.50. The van der Waals surface area contributed by atoms with Gasteiger partial charge in [-0.3, -0.25) is 0 Å². The molecular weight excluding hydrogens is 224 g/mol. The van der Waals surface area contributed by atoms with Crippen molar-refractivity contribution in [1.82, 2.24) is 0 Å². The smallest absolute Gasteiger partial charge is 0.0992 e. The maximum absolute atomic E-state index is 9.85. The van der Waals surface area contributed by atoms with Crippen molar-refractivity contribution in [3.8, 4) is 6.07 Å². The van der Waals surface area contributed by atoms with E-state index in [-0.39, 0.29) is 0 Å². The quantitative estimate of drug-likeness (QED) is 0.870. The van der Waals surface area contributed by atoms with Crippen molar-refractivity contribution in [2.24, 2.45) is 11.8 Å². The van der Waals surface area contributed by atoms with E-state index in [1.807, 2.05) is 12.1 Å². The van der Waals surface area contributed by atoms with E-state index >= 15 is 0 Å². The maximum Gasteiger partial charge on any atom is 0.0992 e. The molecule has 0 aromatic heterocycles. The van der Waals surface area contributed by atoms with Crippen molar-refractivity contribution < 1.29 is 5.11 Å². The van der Waals surface area contributed by atoms with E-state index in [9.17, 15) is 5.11 Å². The van der Waals surface area contributed by atoms with Crippen LogP contribution in [0.25, 0.3) is 0 Å². The van der Waals surface area contributed by atoms with Gasteiger partial charge in [-0.1, -0.05) is 19.9 Å². The number of hydrogen-bond acceptors (Lipinski definition) is 3. The molecule has 0 radical (unpaired) electrons. The number of rotatable bonds is 2. The molecule has 0 aliphatic carbocycles. The molecule has 2 rings (SSSR count). The minimum atomic E-state index is -0.501. The Hall–Kier alpha value is -1.53. The Morgan fingerprint density at radius 1 is 1.33 bits per heavy atom. The fraction of sp³-hybridized carbons (Fsp3) is 0.533. The Bertz CT molecular complexity index is 466. The molecule has 1 aromatic carbocycles. The van der Waals surface area contributed by atoms with E-state index in [1.54, 1.807) is 13.0 Å². The molecule has 1 aliphatic heterocycles. The fourth-order valence-electron chi connectivity index (χ4n) is 2.57. The lowest BCUT2D eigenvalue weighted by Crippen LogP contribution is -2.21. The summed E-state index contributed by atoms with van der Waals surface area (Å²) in [7, 11) is 0. The Balaban J connectivity index is 2.39. The minimum absolute atomic E-state index is 0.501. The average Bonchev–Trinajstić information content (AvgIpc) is 2.68. The van der Waals surface area contributed by atoms with Gasteiger partial charge < -0.3 is 10.0 Å². The van der Waals surface area contributed by atoms with Gasteiger partial charge >= 0.3 is 0 Å². The summed E-state index contributed by atoms with van der Waals surface area (Å²) in [4.78, 5) is 2.29. The van der Waals surface area contributed by atoms with Crippen LogP contribution in [0.2, 0.25) is 0 Å². The van der Waals surface area contributed by atoms with Crippen molar-refractivity contribution in [2.75, 3.05) is 18.0 Å². The second-order valence-electron chi connectivity index (χ2n) is 5.42. The molecule has 3 nitrogen and oxygen atoms in total. The van der Waals surface area contributed by atoms with Gasteiger partial charge in [-0.15, -0.1) is 0 Å². The number of nitrogens with zero attached hydrogens (tertiary/aromatic N) is 2. The van der Waals surface area contributed by atoms with Crippen LogP contribution in [-0.2, 0) is 0 Å². The Morgan fingerprint density at radius 2 is 1.94 bits per heavy atom. The van der Waals surface area contributed by atoms with Gasteiger partial charge in [-0.25, -0.2) is 0 Å². The second-order valence-corrected chi connectivity index (χ2v) is 5.42. The van der Waals surface area contributed by atoms with E-state index in [2.05, 4.69) is 24.8 Å². The van der Waals surface area contributed by atoms with E-state index in [1.165, 1.54) is 0 Å². The van der Waals surface area contributed by atoms with Gasteiger partial charge in [-0.05, 0) is 30.9 Å². The first-order valence-corrected chi connectivity index (χ1v) is 6.50. The third-order valence-electron chi connectivity index (χ3n) is 3.94. The normalized spacial score (nSPS) is 24.9. The highest BCUT2D eigenvalue weighted by molar-refractivity contribution is 5.59. The molecule has 0 saturated carbocycles. The lowest BCUT2D eigenvalue weighted by Gasteiger charge is -2.23. The van der Waals surface area contributed by atoms with Gasteiger partial charge in [-0.2, -0.15) is 5.26 Å². The van der Waals surface area contributed by atoms with E-state index in [0.29, 0.717) is 17.4 Å². The summed E-state index contributed by atoms with van der Waals surface area (Å²) in [5.41, 5.74) is 2.58. The van der Waals surface area contributed by atoms with Crippen LogP contribution in [0.3, 0.4) is 0 Å². The van der Waals surface area contributed by atoms with Crippen LogP contribution in [0.15, 0.2) is 18.2 Å². The standard InChI is InChI=1S/C15H20N2O/c1-10-8-17(9-11(10)2)15-6-13(7-16)4-5-14(15)12(3)18/h4-6,10-12,18H,8-9H2,1-3H3. The topological polar surface area (TPSA) is 47.3 Å². The number of hydrogen-bond donors (Lipinski definition) is 1. The molecular formula is C15H20N2O. The van der Waals surface area contributed by atoms with Crippen LogP contribution in [0.1, 0.15) is 38.0 Å². The zero-order chi connectivity index (χ0) is 13.3. The van der Waals surface area contributed by atoms with Crippen LogP contribution < -0.4 is 4.90 Å². The molecule has 3 unspecified atom stereocenters. The van der Waals surface area contributed by atoms with Crippen molar-refractivity contribution in [2.45, 2.75) is 26.9 Å². The molecule has 18 heavy (non-hydrogen) atoms. The first-order chi connectivity index (χ1) is 8.52. The summed E-state index contributed by atoms with van der Waals surface area (Å²) in [6.45, 7) is 8.26. The van der Waals surface area contributed by atoms with Crippen molar-refractivity contribution in [1.29, 1.82) is 5.26 Å². The molecule has 3 heteroatoms. The molecule has 1 saturated heterocycles. The van der Waals surface area contributed by atoms with Gasteiger partial charge in [0.25, 0.3) is 0 Å². The monoisotopic (exact) mass is 244 g/mol. The second kappa shape index (κ2) is 4.99. The number of anilines is 1. The SMILES string of the molecule is CC(O)c1ccc(C#N)cc1N1CC(C)C(C)C1. The van der Waals surface area contributed by atoms with Gasteiger partial charge in [0.2, 0.25) is 0 Å². The van der Waals surface area contributed by atoms with Gasteiger partial charge in [0.1, 0.15) is 0 Å². The Kier molecular flexibility index (Phi) is 3.58. The number of aliphatic hydroxyl groups is 1. The molecule has 1 heterocycles. The largest absolute Gasteiger partial charge is 0.389 e. The van der Waals surface area contributed by atoms with Gasteiger partial charge in [0.15, 0.2) is 0 Å². The lowest BCUT2D eigenvalue weighted by molar-refractivity contribution is 0.199. The van der Waals surface area contributed by atoms with E-state index in [4.69, 9.17) is 5.26 Å². The highest BCUT2D eigenvalue weighted by atomic mass is 16.3. The molecule has 0 amide bonds. The predicted octanol–water partition coefficient (Wildman–Crippen LogP) is 2.70. The zero-order valence-corrected chi connectivity index (χ0v) is 11.2. The molecule has 1 aromatic rings. The zero-order valence-electron chi connectivity index (χ0n) is 11.2. The summed E-state index contributed by atoms with van der Waals surface area (Å²) in [6, 6.07) is 7.71. The van der Waals surface area contributed by atoms with Crippen LogP contribution in [0.5, 0.6) is 0 Å². The molecule has 1 fully saturated rings. The van der Waals surface area contributed by atoms with E-state index < -0.39 is 6.10 Å². The highest BCUT2D eigenvalue weighted by Crippen LogP contribution is 2.33.